The molecule has 3 heteroatoms. The van der Waals surface area contributed by atoms with Gasteiger partial charge in [0.2, 0.25) is 0 Å². The Kier molecular flexibility index (Phi) is 6.16. The van der Waals surface area contributed by atoms with Crippen molar-refractivity contribution in [3.8, 4) is 11.1 Å². The number of fused-ring (bicyclic) bond motifs is 11. The Morgan fingerprint density at radius 2 is 0.941 bits per heavy atom. The number of thiophene rings is 1. The first-order valence-electron chi connectivity index (χ1n) is 17.3. The molecule has 0 unspecified atom stereocenters. The third-order valence-electron chi connectivity index (χ3n) is 10.4. The summed E-state index contributed by atoms with van der Waals surface area (Å²) in [7, 11) is 0. The van der Waals surface area contributed by atoms with E-state index in [1.807, 2.05) is 23.5 Å². The summed E-state index contributed by atoms with van der Waals surface area (Å²) >= 11 is 1.89. The predicted octanol–water partition coefficient (Wildman–Crippen LogP) is 14.6. The molecule has 0 aliphatic carbocycles. The van der Waals surface area contributed by atoms with Gasteiger partial charge in [0.05, 0.1) is 10.4 Å². The smallest absolute Gasteiger partial charge is 0.136 e. The molecule has 0 fully saturated rings. The normalized spacial score (nSPS) is 11.9. The second-order valence-corrected chi connectivity index (χ2v) is 14.3. The molecule has 0 aliphatic heterocycles. The summed E-state index contributed by atoms with van der Waals surface area (Å²) in [6.07, 6.45) is 0. The van der Waals surface area contributed by atoms with Crippen LogP contribution in [0.25, 0.3) is 85.6 Å². The van der Waals surface area contributed by atoms with Crippen LogP contribution in [0.4, 0.5) is 17.1 Å². The number of para-hydroxylation sites is 1. The van der Waals surface area contributed by atoms with Crippen molar-refractivity contribution < 1.29 is 4.42 Å². The summed E-state index contributed by atoms with van der Waals surface area (Å²) in [6, 6.07) is 63.8. The lowest BCUT2D eigenvalue weighted by Gasteiger charge is -2.27. The second-order valence-electron chi connectivity index (χ2n) is 13.3. The zero-order valence-electron chi connectivity index (χ0n) is 27.5. The second kappa shape index (κ2) is 11.0. The fraction of sp³-hybridized carbons (Fsp3) is 0. The zero-order valence-corrected chi connectivity index (χ0v) is 28.3. The summed E-state index contributed by atoms with van der Waals surface area (Å²) in [5.41, 5.74) is 7.53. The Labute approximate surface area is 298 Å². The Morgan fingerprint density at radius 3 is 1.80 bits per heavy atom. The number of benzene rings is 9. The van der Waals surface area contributed by atoms with E-state index in [1.165, 1.54) is 58.2 Å². The monoisotopic (exact) mass is 667 g/mol. The Morgan fingerprint density at radius 1 is 0.353 bits per heavy atom. The van der Waals surface area contributed by atoms with Gasteiger partial charge >= 0.3 is 0 Å². The maximum atomic E-state index is 6.24. The molecular weight excluding hydrogens is 639 g/mol. The van der Waals surface area contributed by atoms with E-state index >= 15 is 0 Å². The number of furan rings is 1. The minimum Gasteiger partial charge on any atom is -0.456 e. The van der Waals surface area contributed by atoms with Gasteiger partial charge in [-0.3, -0.25) is 0 Å². The van der Waals surface area contributed by atoms with Crippen molar-refractivity contribution in [1.29, 1.82) is 0 Å². The molecule has 9 aromatic carbocycles. The van der Waals surface area contributed by atoms with Crippen molar-refractivity contribution in [3.63, 3.8) is 0 Å². The SMILES string of the molecule is c1ccc2c(c1)ccc1ccc(N(c3ccc(-c4ccc5c(c4)oc4ccccc45)cc3)c3cccc4c3sc3c5ccccc5ccc43)cc12. The molecule has 0 aliphatic rings. The molecule has 0 N–H and O–H groups in total. The van der Waals surface area contributed by atoms with E-state index < -0.39 is 0 Å². The molecule has 0 spiro atoms. The molecule has 2 nitrogen and oxygen atoms in total. The Bertz CT molecular complexity index is 3150. The van der Waals surface area contributed by atoms with Crippen LogP contribution in [0, 0.1) is 0 Å². The van der Waals surface area contributed by atoms with Crippen LogP contribution >= 0.6 is 11.3 Å². The summed E-state index contributed by atoms with van der Waals surface area (Å²) in [5, 5.41) is 12.5. The molecule has 2 heterocycles. The first kappa shape index (κ1) is 28.4. The Balaban J connectivity index is 1.11. The molecule has 51 heavy (non-hydrogen) atoms. The van der Waals surface area contributed by atoms with Crippen LogP contribution in [0.15, 0.2) is 180 Å². The molecule has 11 aromatic rings. The lowest BCUT2D eigenvalue weighted by Crippen LogP contribution is -2.10. The highest BCUT2D eigenvalue weighted by molar-refractivity contribution is 7.27. The minimum absolute atomic E-state index is 0.909. The highest BCUT2D eigenvalue weighted by Crippen LogP contribution is 2.47. The van der Waals surface area contributed by atoms with E-state index in [4.69, 9.17) is 4.42 Å². The van der Waals surface area contributed by atoms with Crippen LogP contribution in [0.2, 0.25) is 0 Å². The van der Waals surface area contributed by atoms with Crippen molar-refractivity contribution in [1.82, 2.24) is 0 Å². The molecule has 2 aromatic heterocycles. The molecule has 238 valence electrons. The molecule has 0 radical (unpaired) electrons. The average molecular weight is 668 g/mol. The maximum Gasteiger partial charge on any atom is 0.136 e. The minimum atomic E-state index is 0.909. The fourth-order valence-corrected chi connectivity index (χ4v) is 9.29. The van der Waals surface area contributed by atoms with Crippen LogP contribution in [-0.2, 0) is 0 Å². The molecule has 0 amide bonds. The lowest BCUT2D eigenvalue weighted by atomic mass is 10.0. The van der Waals surface area contributed by atoms with Gasteiger partial charge in [0.1, 0.15) is 11.2 Å². The summed E-state index contributed by atoms with van der Waals surface area (Å²) in [6.45, 7) is 0. The van der Waals surface area contributed by atoms with Gasteiger partial charge in [0.25, 0.3) is 0 Å². The largest absolute Gasteiger partial charge is 0.456 e. The van der Waals surface area contributed by atoms with E-state index in [9.17, 15) is 0 Å². The highest BCUT2D eigenvalue weighted by atomic mass is 32.1. The molecule has 0 saturated heterocycles. The molecule has 11 rings (SSSR count). The van der Waals surface area contributed by atoms with Crippen LogP contribution in [-0.4, -0.2) is 0 Å². The van der Waals surface area contributed by atoms with Gasteiger partial charge in [-0.05, 0) is 92.0 Å². The standard InChI is InChI=1S/C48H29NOS/c1-3-10-37-31(8-1)16-17-33-20-25-36(29-43(33)37)49(44-14-7-13-41-42-27-21-32-9-2-4-11-38(32)47(42)51-48(41)44)35-23-18-30(19-24-35)34-22-26-40-39-12-5-6-15-45(39)50-46(40)28-34/h1-29H. The lowest BCUT2D eigenvalue weighted by molar-refractivity contribution is 0.669. The Hall–Kier alpha value is -6.42. The van der Waals surface area contributed by atoms with Gasteiger partial charge in [-0.2, -0.15) is 0 Å². The first-order chi connectivity index (χ1) is 25.3. The van der Waals surface area contributed by atoms with E-state index in [0.717, 1.165) is 44.4 Å². The van der Waals surface area contributed by atoms with Gasteiger partial charge in [-0.1, -0.05) is 127 Å². The number of rotatable bonds is 4. The molecule has 0 atom stereocenters. The topological polar surface area (TPSA) is 16.4 Å². The van der Waals surface area contributed by atoms with Crippen LogP contribution in [0.1, 0.15) is 0 Å². The predicted molar refractivity (Wildman–Crippen MR) is 219 cm³/mol. The molecule has 0 saturated carbocycles. The van der Waals surface area contributed by atoms with Gasteiger partial charge in [0, 0.05) is 37.6 Å². The van der Waals surface area contributed by atoms with Crippen molar-refractivity contribution >= 4 is 103 Å². The van der Waals surface area contributed by atoms with Crippen molar-refractivity contribution in [2.75, 3.05) is 4.90 Å². The van der Waals surface area contributed by atoms with Crippen LogP contribution < -0.4 is 4.90 Å². The van der Waals surface area contributed by atoms with Crippen LogP contribution in [0.5, 0.6) is 0 Å². The third kappa shape index (κ3) is 4.42. The van der Waals surface area contributed by atoms with Crippen molar-refractivity contribution in [2.24, 2.45) is 0 Å². The van der Waals surface area contributed by atoms with E-state index in [2.05, 4.69) is 169 Å². The highest BCUT2D eigenvalue weighted by Gasteiger charge is 2.20. The van der Waals surface area contributed by atoms with Gasteiger partial charge in [-0.25, -0.2) is 0 Å². The van der Waals surface area contributed by atoms with Gasteiger partial charge in [-0.15, -0.1) is 11.3 Å². The number of hydrogen-bond acceptors (Lipinski definition) is 3. The first-order valence-corrected chi connectivity index (χ1v) is 18.1. The van der Waals surface area contributed by atoms with Crippen molar-refractivity contribution in [3.05, 3.63) is 176 Å². The third-order valence-corrected chi connectivity index (χ3v) is 11.7. The van der Waals surface area contributed by atoms with E-state index in [1.54, 1.807) is 0 Å². The zero-order chi connectivity index (χ0) is 33.5. The van der Waals surface area contributed by atoms with Gasteiger partial charge in [0.15, 0.2) is 0 Å². The summed E-state index contributed by atoms with van der Waals surface area (Å²) in [5.74, 6) is 0. The van der Waals surface area contributed by atoms with E-state index in [-0.39, 0.29) is 0 Å². The fourth-order valence-electron chi connectivity index (χ4n) is 7.95. The number of hydrogen-bond donors (Lipinski definition) is 0. The van der Waals surface area contributed by atoms with Crippen LogP contribution in [0.3, 0.4) is 0 Å². The van der Waals surface area contributed by atoms with Gasteiger partial charge < -0.3 is 9.32 Å². The molecular formula is C48H29NOS. The quantitative estimate of drug-likeness (QED) is 0.174. The number of nitrogens with zero attached hydrogens (tertiary/aromatic N) is 1. The summed E-state index contributed by atoms with van der Waals surface area (Å²) < 4.78 is 8.85. The summed E-state index contributed by atoms with van der Waals surface area (Å²) in [4.78, 5) is 2.44. The van der Waals surface area contributed by atoms with Crippen molar-refractivity contribution in [2.45, 2.75) is 0 Å². The van der Waals surface area contributed by atoms with E-state index in [0.29, 0.717) is 0 Å². The maximum absolute atomic E-state index is 6.24. The number of anilines is 3. The average Bonchev–Trinajstić information content (AvgIpc) is 3.77. The molecule has 0 bridgehead atoms.